The molecular formula is C15H17NOS. The maximum Gasteiger partial charge on any atom is 0.0674 e. The van der Waals surface area contributed by atoms with Crippen LogP contribution < -0.4 is 0 Å². The molecule has 0 fully saturated rings. The third kappa shape index (κ3) is 4.17. The Balaban J connectivity index is 1.81. The Morgan fingerprint density at radius 1 is 1.22 bits per heavy atom. The van der Waals surface area contributed by atoms with E-state index in [4.69, 9.17) is 0 Å². The maximum atomic E-state index is 9.97. The van der Waals surface area contributed by atoms with Crippen molar-refractivity contribution in [2.75, 3.05) is 5.75 Å². The fraction of sp³-hybridized carbons (Fsp3) is 0.267. The van der Waals surface area contributed by atoms with E-state index in [9.17, 15) is 5.11 Å². The summed E-state index contributed by atoms with van der Waals surface area (Å²) in [6.45, 7) is 2.08. The second-order valence-electron chi connectivity index (χ2n) is 4.34. The summed E-state index contributed by atoms with van der Waals surface area (Å²) in [5, 5.41) is 9.97. The minimum atomic E-state index is -0.333. The number of aliphatic hydroxyl groups excluding tert-OH is 1. The van der Waals surface area contributed by atoms with Gasteiger partial charge in [0.25, 0.3) is 0 Å². The van der Waals surface area contributed by atoms with Crippen LogP contribution in [0.3, 0.4) is 0 Å². The molecule has 2 nitrogen and oxygen atoms in total. The molecule has 1 N–H and O–H groups in total. The van der Waals surface area contributed by atoms with Crippen LogP contribution in [0.1, 0.15) is 11.1 Å². The summed E-state index contributed by atoms with van der Waals surface area (Å²) in [7, 11) is 0. The molecule has 1 atom stereocenters. The lowest BCUT2D eigenvalue weighted by Crippen LogP contribution is -2.13. The molecular weight excluding hydrogens is 242 g/mol. The summed E-state index contributed by atoms with van der Waals surface area (Å²) in [6.07, 6.45) is 3.88. The Labute approximate surface area is 112 Å². The number of pyridine rings is 1. The number of nitrogens with zero attached hydrogens (tertiary/aromatic N) is 1. The first-order chi connectivity index (χ1) is 8.74. The van der Waals surface area contributed by atoms with Crippen LogP contribution >= 0.6 is 11.8 Å². The summed E-state index contributed by atoms with van der Waals surface area (Å²) >= 11 is 1.69. The molecule has 0 aliphatic heterocycles. The Hall–Kier alpha value is -1.32. The van der Waals surface area contributed by atoms with Crippen LogP contribution in [0.25, 0.3) is 0 Å². The second kappa shape index (κ2) is 6.57. The second-order valence-corrected chi connectivity index (χ2v) is 5.44. The van der Waals surface area contributed by atoms with Gasteiger partial charge in [-0.05, 0) is 30.7 Å². The third-order valence-electron chi connectivity index (χ3n) is 2.66. The van der Waals surface area contributed by atoms with Gasteiger partial charge in [0, 0.05) is 29.5 Å². The third-order valence-corrected chi connectivity index (χ3v) is 3.81. The van der Waals surface area contributed by atoms with Gasteiger partial charge in [-0.1, -0.05) is 23.8 Å². The zero-order chi connectivity index (χ0) is 12.8. The molecule has 1 aromatic carbocycles. The standard InChI is InChI=1S/C15H17NOS/c1-12-4-6-15(7-5-12)18-11-14(17)9-13-3-2-8-16-10-13/h2-8,10,14,17H,9,11H2,1H3. The van der Waals surface area contributed by atoms with E-state index in [1.165, 1.54) is 10.5 Å². The van der Waals surface area contributed by atoms with Crippen molar-refractivity contribution in [3.8, 4) is 0 Å². The quantitative estimate of drug-likeness (QED) is 0.838. The molecule has 2 aromatic rings. The number of aromatic nitrogens is 1. The Kier molecular flexibility index (Phi) is 4.79. The first-order valence-electron chi connectivity index (χ1n) is 6.00. The molecule has 1 unspecified atom stereocenters. The largest absolute Gasteiger partial charge is 0.392 e. The molecule has 1 heterocycles. The minimum absolute atomic E-state index is 0.333. The number of aliphatic hydroxyl groups is 1. The van der Waals surface area contributed by atoms with Crippen LogP contribution in [-0.4, -0.2) is 21.9 Å². The van der Waals surface area contributed by atoms with Crippen LogP contribution in [0, 0.1) is 6.92 Å². The van der Waals surface area contributed by atoms with E-state index in [2.05, 4.69) is 36.2 Å². The van der Waals surface area contributed by atoms with Crippen molar-refractivity contribution < 1.29 is 5.11 Å². The van der Waals surface area contributed by atoms with E-state index < -0.39 is 0 Å². The Bertz CT molecular complexity index is 470. The number of thioether (sulfide) groups is 1. The summed E-state index contributed by atoms with van der Waals surface area (Å²) in [5.74, 6) is 0.706. The lowest BCUT2D eigenvalue weighted by Gasteiger charge is -2.10. The van der Waals surface area contributed by atoms with Crippen molar-refractivity contribution in [1.29, 1.82) is 0 Å². The number of benzene rings is 1. The van der Waals surface area contributed by atoms with Gasteiger partial charge in [-0.2, -0.15) is 0 Å². The van der Waals surface area contributed by atoms with Gasteiger partial charge in [-0.15, -0.1) is 11.8 Å². The first kappa shape index (κ1) is 13.1. The van der Waals surface area contributed by atoms with Crippen LogP contribution in [0.5, 0.6) is 0 Å². The van der Waals surface area contributed by atoms with Crippen molar-refractivity contribution in [3.05, 3.63) is 59.9 Å². The van der Waals surface area contributed by atoms with Gasteiger partial charge in [-0.25, -0.2) is 0 Å². The SMILES string of the molecule is Cc1ccc(SCC(O)Cc2cccnc2)cc1. The normalized spacial score (nSPS) is 12.3. The average molecular weight is 259 g/mol. The molecule has 94 valence electrons. The highest BCUT2D eigenvalue weighted by molar-refractivity contribution is 7.99. The van der Waals surface area contributed by atoms with Crippen LogP contribution in [-0.2, 0) is 6.42 Å². The van der Waals surface area contributed by atoms with Crippen molar-refractivity contribution in [2.45, 2.75) is 24.3 Å². The molecule has 0 aliphatic rings. The monoisotopic (exact) mass is 259 g/mol. The lowest BCUT2D eigenvalue weighted by molar-refractivity contribution is 0.200. The van der Waals surface area contributed by atoms with Crippen LogP contribution in [0.4, 0.5) is 0 Å². The number of rotatable bonds is 5. The van der Waals surface area contributed by atoms with Crippen molar-refractivity contribution in [2.24, 2.45) is 0 Å². The lowest BCUT2D eigenvalue weighted by atomic mass is 10.1. The van der Waals surface area contributed by atoms with Gasteiger partial charge in [0.05, 0.1) is 6.10 Å². The molecule has 3 heteroatoms. The number of hydrogen-bond acceptors (Lipinski definition) is 3. The van der Waals surface area contributed by atoms with Gasteiger partial charge in [0.2, 0.25) is 0 Å². The van der Waals surface area contributed by atoms with E-state index in [1.807, 2.05) is 12.1 Å². The average Bonchev–Trinajstić information content (AvgIpc) is 2.39. The molecule has 0 aliphatic carbocycles. The van der Waals surface area contributed by atoms with Crippen molar-refractivity contribution in [3.63, 3.8) is 0 Å². The zero-order valence-corrected chi connectivity index (χ0v) is 11.2. The Morgan fingerprint density at radius 3 is 2.67 bits per heavy atom. The molecule has 1 aromatic heterocycles. The summed E-state index contributed by atoms with van der Waals surface area (Å²) < 4.78 is 0. The maximum absolute atomic E-state index is 9.97. The topological polar surface area (TPSA) is 33.1 Å². The smallest absolute Gasteiger partial charge is 0.0674 e. The van der Waals surface area contributed by atoms with Crippen molar-refractivity contribution >= 4 is 11.8 Å². The highest BCUT2D eigenvalue weighted by Crippen LogP contribution is 2.20. The predicted molar refractivity (Wildman–Crippen MR) is 75.9 cm³/mol. The molecule has 0 radical (unpaired) electrons. The predicted octanol–water partition coefficient (Wildman–Crippen LogP) is 3.09. The summed E-state index contributed by atoms with van der Waals surface area (Å²) in [4.78, 5) is 5.25. The first-order valence-corrected chi connectivity index (χ1v) is 6.99. The fourth-order valence-electron chi connectivity index (χ4n) is 1.68. The number of aryl methyl sites for hydroxylation is 1. The van der Waals surface area contributed by atoms with Gasteiger partial charge in [0.1, 0.15) is 0 Å². The van der Waals surface area contributed by atoms with E-state index in [0.29, 0.717) is 12.2 Å². The van der Waals surface area contributed by atoms with Crippen LogP contribution in [0.2, 0.25) is 0 Å². The molecule has 0 spiro atoms. The van der Waals surface area contributed by atoms with Gasteiger partial charge in [-0.3, -0.25) is 4.98 Å². The van der Waals surface area contributed by atoms with E-state index in [-0.39, 0.29) is 6.10 Å². The van der Waals surface area contributed by atoms with Crippen LogP contribution in [0.15, 0.2) is 53.7 Å². The van der Waals surface area contributed by atoms with E-state index in [1.54, 1.807) is 24.2 Å². The van der Waals surface area contributed by atoms with E-state index >= 15 is 0 Å². The summed E-state index contributed by atoms with van der Waals surface area (Å²) in [6, 6.07) is 12.3. The molecule has 0 saturated heterocycles. The Morgan fingerprint density at radius 2 is 2.00 bits per heavy atom. The highest BCUT2D eigenvalue weighted by Gasteiger charge is 2.06. The zero-order valence-electron chi connectivity index (χ0n) is 10.4. The fourth-order valence-corrected chi connectivity index (χ4v) is 2.51. The van der Waals surface area contributed by atoms with Gasteiger partial charge >= 0.3 is 0 Å². The van der Waals surface area contributed by atoms with Gasteiger partial charge < -0.3 is 5.11 Å². The highest BCUT2D eigenvalue weighted by atomic mass is 32.2. The number of hydrogen-bond donors (Lipinski definition) is 1. The molecule has 18 heavy (non-hydrogen) atoms. The molecule has 0 bridgehead atoms. The molecule has 2 rings (SSSR count). The van der Waals surface area contributed by atoms with E-state index in [0.717, 1.165) is 5.56 Å². The minimum Gasteiger partial charge on any atom is -0.392 e. The van der Waals surface area contributed by atoms with Crippen molar-refractivity contribution in [1.82, 2.24) is 4.98 Å². The summed E-state index contributed by atoms with van der Waals surface area (Å²) in [5.41, 5.74) is 2.34. The molecule has 0 amide bonds. The molecule has 0 saturated carbocycles. The van der Waals surface area contributed by atoms with Gasteiger partial charge in [0.15, 0.2) is 0 Å².